The Labute approximate surface area is 113 Å². The summed E-state index contributed by atoms with van der Waals surface area (Å²) in [5.74, 6) is -1.06. The largest absolute Gasteiger partial charge is 0.347 e. The minimum Gasteiger partial charge on any atom is -0.347 e. The average Bonchev–Trinajstić information content (AvgIpc) is 2.31. The fraction of sp³-hybridized carbons (Fsp3) is 0.333. The maximum atomic E-state index is 13.0. The lowest BCUT2D eigenvalue weighted by Gasteiger charge is -2.18. The Bertz CT molecular complexity index is 477. The topological polar surface area (TPSA) is 49.4 Å². The average molecular weight is 317 g/mol. The van der Waals surface area contributed by atoms with Crippen LogP contribution in [0, 0.1) is 5.82 Å². The molecule has 1 aromatic rings. The van der Waals surface area contributed by atoms with Crippen molar-refractivity contribution in [2.45, 2.75) is 13.0 Å². The van der Waals surface area contributed by atoms with E-state index in [-0.39, 0.29) is 10.4 Å². The zero-order chi connectivity index (χ0) is 13.9. The van der Waals surface area contributed by atoms with Crippen molar-refractivity contribution in [2.24, 2.45) is 0 Å². The molecular weight excluding hydrogens is 303 g/mol. The molecule has 1 rings (SSSR count). The maximum Gasteiger partial charge on any atom is 0.251 e. The molecule has 0 aliphatic heterocycles. The third-order valence-electron chi connectivity index (χ3n) is 2.34. The number of carbonyl (C=O) groups is 2. The van der Waals surface area contributed by atoms with Gasteiger partial charge in [-0.3, -0.25) is 9.59 Å². The number of nitrogens with one attached hydrogen (secondary N) is 1. The summed E-state index contributed by atoms with van der Waals surface area (Å²) in [7, 11) is 3.22. The fourth-order valence-electron chi connectivity index (χ4n) is 1.37. The second-order valence-corrected chi connectivity index (χ2v) is 4.91. The highest BCUT2D eigenvalue weighted by atomic mass is 79.9. The predicted octanol–water partition coefficient (Wildman–Crippen LogP) is 1.79. The van der Waals surface area contributed by atoms with E-state index in [9.17, 15) is 14.0 Å². The van der Waals surface area contributed by atoms with Gasteiger partial charge in [0, 0.05) is 19.7 Å². The lowest BCUT2D eigenvalue weighted by atomic mass is 10.2. The third kappa shape index (κ3) is 3.53. The van der Waals surface area contributed by atoms with E-state index in [1.165, 1.54) is 23.1 Å². The number of carbonyl (C=O) groups excluding carboxylic acids is 2. The van der Waals surface area contributed by atoms with Crippen molar-refractivity contribution in [1.29, 1.82) is 0 Å². The van der Waals surface area contributed by atoms with E-state index < -0.39 is 17.8 Å². The van der Waals surface area contributed by atoms with Crippen LogP contribution in [0.2, 0.25) is 0 Å². The van der Waals surface area contributed by atoms with Crippen molar-refractivity contribution in [2.75, 3.05) is 14.1 Å². The molecule has 0 aliphatic carbocycles. The first-order chi connectivity index (χ1) is 8.32. The summed E-state index contributed by atoms with van der Waals surface area (Å²) in [6, 6.07) is 3.30. The van der Waals surface area contributed by atoms with Crippen LogP contribution in [-0.2, 0) is 4.79 Å². The molecule has 0 bridgehead atoms. The summed E-state index contributed by atoms with van der Waals surface area (Å²) in [5, 5.41) is 2.55. The zero-order valence-corrected chi connectivity index (χ0v) is 11.9. The van der Waals surface area contributed by atoms with Gasteiger partial charge in [-0.1, -0.05) is 0 Å². The van der Waals surface area contributed by atoms with Crippen LogP contribution in [0.15, 0.2) is 22.7 Å². The Morgan fingerprint density at radius 1 is 1.39 bits per heavy atom. The van der Waals surface area contributed by atoms with Gasteiger partial charge in [0.05, 0.1) is 4.47 Å². The standard InChI is InChI=1S/C12H14BrFN2O2/c1-7(12(18)16(2)3)15-11(17)8-4-5-10(14)9(13)6-8/h4-7H,1-3H3,(H,15,17)/t7-/m0/s1. The van der Waals surface area contributed by atoms with Gasteiger partial charge in [0.2, 0.25) is 5.91 Å². The van der Waals surface area contributed by atoms with E-state index >= 15 is 0 Å². The van der Waals surface area contributed by atoms with Crippen LogP contribution >= 0.6 is 15.9 Å². The molecule has 2 amide bonds. The normalized spacial score (nSPS) is 11.8. The Kier molecular flexibility index (Phi) is 4.84. The van der Waals surface area contributed by atoms with Gasteiger partial charge in [0.15, 0.2) is 0 Å². The molecule has 0 aromatic heterocycles. The summed E-state index contributed by atoms with van der Waals surface area (Å²) in [4.78, 5) is 24.8. The van der Waals surface area contributed by atoms with Crippen LogP contribution < -0.4 is 5.32 Å². The first kappa shape index (κ1) is 14.6. The van der Waals surface area contributed by atoms with Gasteiger partial charge >= 0.3 is 0 Å². The molecule has 6 heteroatoms. The van der Waals surface area contributed by atoms with E-state index in [1.54, 1.807) is 21.0 Å². The minimum atomic E-state index is -0.628. The second-order valence-electron chi connectivity index (χ2n) is 4.06. The van der Waals surface area contributed by atoms with Gasteiger partial charge in [-0.15, -0.1) is 0 Å². The molecule has 0 spiro atoms. The Morgan fingerprint density at radius 2 is 2.00 bits per heavy atom. The zero-order valence-electron chi connectivity index (χ0n) is 10.3. The van der Waals surface area contributed by atoms with Gasteiger partial charge in [0.1, 0.15) is 11.9 Å². The Morgan fingerprint density at radius 3 is 2.50 bits per heavy atom. The number of amides is 2. The lowest BCUT2D eigenvalue weighted by Crippen LogP contribution is -2.44. The molecule has 0 fully saturated rings. The predicted molar refractivity (Wildman–Crippen MR) is 69.7 cm³/mol. The Balaban J connectivity index is 2.76. The maximum absolute atomic E-state index is 13.0. The monoisotopic (exact) mass is 316 g/mol. The van der Waals surface area contributed by atoms with Crippen molar-refractivity contribution in [3.8, 4) is 0 Å². The van der Waals surface area contributed by atoms with E-state index in [4.69, 9.17) is 0 Å². The highest BCUT2D eigenvalue weighted by molar-refractivity contribution is 9.10. The molecule has 0 saturated carbocycles. The molecular formula is C12H14BrFN2O2. The van der Waals surface area contributed by atoms with E-state index in [0.717, 1.165) is 0 Å². The van der Waals surface area contributed by atoms with Crippen LogP contribution in [0.1, 0.15) is 17.3 Å². The number of hydrogen-bond acceptors (Lipinski definition) is 2. The summed E-state index contributed by atoms with van der Waals surface area (Å²) in [6.45, 7) is 1.60. The lowest BCUT2D eigenvalue weighted by molar-refractivity contribution is -0.130. The highest BCUT2D eigenvalue weighted by Crippen LogP contribution is 2.16. The van der Waals surface area contributed by atoms with Gasteiger partial charge in [-0.2, -0.15) is 0 Å². The van der Waals surface area contributed by atoms with Crippen molar-refractivity contribution in [3.63, 3.8) is 0 Å². The molecule has 18 heavy (non-hydrogen) atoms. The number of nitrogens with zero attached hydrogens (tertiary/aromatic N) is 1. The number of benzene rings is 1. The smallest absolute Gasteiger partial charge is 0.251 e. The molecule has 0 saturated heterocycles. The Hall–Kier alpha value is -1.43. The highest BCUT2D eigenvalue weighted by Gasteiger charge is 2.18. The summed E-state index contributed by atoms with van der Waals surface area (Å²) >= 11 is 3.00. The van der Waals surface area contributed by atoms with Gasteiger partial charge in [-0.05, 0) is 41.1 Å². The molecule has 1 N–H and O–H groups in total. The summed E-state index contributed by atoms with van der Waals surface area (Å²) < 4.78 is 13.2. The molecule has 0 heterocycles. The van der Waals surface area contributed by atoms with E-state index in [1.807, 2.05) is 0 Å². The number of likely N-dealkylation sites (N-methyl/N-ethyl adjacent to an activating group) is 1. The summed E-state index contributed by atoms with van der Waals surface area (Å²) in [5.41, 5.74) is 0.293. The number of hydrogen-bond donors (Lipinski definition) is 1. The molecule has 4 nitrogen and oxygen atoms in total. The third-order valence-corrected chi connectivity index (χ3v) is 2.95. The van der Waals surface area contributed by atoms with Gasteiger partial charge in [-0.25, -0.2) is 4.39 Å². The molecule has 1 atom stereocenters. The molecule has 0 aliphatic rings. The van der Waals surface area contributed by atoms with Crippen LogP contribution in [0.5, 0.6) is 0 Å². The van der Waals surface area contributed by atoms with Crippen LogP contribution in [-0.4, -0.2) is 36.9 Å². The second kappa shape index (κ2) is 5.95. The van der Waals surface area contributed by atoms with Crippen molar-refractivity contribution in [3.05, 3.63) is 34.1 Å². The van der Waals surface area contributed by atoms with Crippen LogP contribution in [0.4, 0.5) is 4.39 Å². The van der Waals surface area contributed by atoms with Gasteiger partial charge < -0.3 is 10.2 Å². The van der Waals surface area contributed by atoms with Crippen LogP contribution in [0.25, 0.3) is 0 Å². The SMILES string of the molecule is C[C@H](NC(=O)c1ccc(F)c(Br)c1)C(=O)N(C)C. The van der Waals surface area contributed by atoms with E-state index in [0.29, 0.717) is 5.56 Å². The van der Waals surface area contributed by atoms with Gasteiger partial charge in [0.25, 0.3) is 5.91 Å². The van der Waals surface area contributed by atoms with Crippen molar-refractivity contribution in [1.82, 2.24) is 10.2 Å². The molecule has 0 unspecified atom stereocenters. The first-order valence-corrected chi connectivity index (χ1v) is 6.09. The molecule has 0 radical (unpaired) electrons. The first-order valence-electron chi connectivity index (χ1n) is 5.30. The van der Waals surface area contributed by atoms with Crippen LogP contribution in [0.3, 0.4) is 0 Å². The summed E-state index contributed by atoms with van der Waals surface area (Å²) in [6.07, 6.45) is 0. The quantitative estimate of drug-likeness (QED) is 0.924. The van der Waals surface area contributed by atoms with Crippen molar-refractivity contribution >= 4 is 27.7 Å². The van der Waals surface area contributed by atoms with Crippen molar-refractivity contribution < 1.29 is 14.0 Å². The minimum absolute atomic E-state index is 0.204. The molecule has 98 valence electrons. The number of rotatable bonds is 3. The molecule has 1 aromatic carbocycles. The van der Waals surface area contributed by atoms with E-state index in [2.05, 4.69) is 21.2 Å². The number of halogens is 2. The fourth-order valence-corrected chi connectivity index (χ4v) is 1.75.